The van der Waals surface area contributed by atoms with Crippen molar-refractivity contribution in [3.63, 3.8) is 0 Å². The van der Waals surface area contributed by atoms with E-state index in [1.54, 1.807) is 0 Å². The van der Waals surface area contributed by atoms with Crippen LogP contribution in [0, 0.1) is 0 Å². The van der Waals surface area contributed by atoms with E-state index in [0.717, 1.165) is 13.1 Å². The van der Waals surface area contributed by atoms with Crippen LogP contribution in [0.4, 0.5) is 0 Å². The molecule has 7 heavy (non-hydrogen) atoms. The fourth-order valence-corrected chi connectivity index (χ4v) is 1.12. The monoisotopic (exact) mass is 121 g/mol. The standard InChI is InChI=1S/C3H7NO2S/c1-7(5,6)4-2-3-4/h2-3H2,1H3. The van der Waals surface area contributed by atoms with Crippen molar-refractivity contribution in [1.29, 1.82) is 0 Å². The van der Waals surface area contributed by atoms with E-state index in [1.807, 2.05) is 0 Å². The molecule has 4 heteroatoms. The van der Waals surface area contributed by atoms with E-state index in [4.69, 9.17) is 0 Å². The summed E-state index contributed by atoms with van der Waals surface area (Å²) in [5, 5.41) is 0. The number of rotatable bonds is 1. The van der Waals surface area contributed by atoms with Crippen LogP contribution < -0.4 is 0 Å². The average Bonchev–Trinajstić information content (AvgIpc) is 1.99. The van der Waals surface area contributed by atoms with Gasteiger partial charge < -0.3 is 0 Å². The van der Waals surface area contributed by atoms with Gasteiger partial charge in [-0.1, -0.05) is 0 Å². The van der Waals surface area contributed by atoms with Crippen molar-refractivity contribution in [2.75, 3.05) is 19.3 Å². The van der Waals surface area contributed by atoms with Crippen LogP contribution >= 0.6 is 0 Å². The van der Waals surface area contributed by atoms with E-state index in [0.29, 0.717) is 0 Å². The van der Waals surface area contributed by atoms with Crippen LogP contribution in [0.5, 0.6) is 0 Å². The molecular weight excluding hydrogens is 114 g/mol. The highest BCUT2D eigenvalue weighted by molar-refractivity contribution is 7.88. The molecule has 0 saturated carbocycles. The summed E-state index contributed by atoms with van der Waals surface area (Å²) in [6, 6.07) is 0. The Hall–Kier alpha value is -0.0900. The van der Waals surface area contributed by atoms with E-state index in [9.17, 15) is 8.42 Å². The van der Waals surface area contributed by atoms with Gasteiger partial charge in [0.15, 0.2) is 0 Å². The van der Waals surface area contributed by atoms with Crippen LogP contribution in [-0.2, 0) is 10.0 Å². The third-order valence-corrected chi connectivity index (χ3v) is 2.18. The van der Waals surface area contributed by atoms with Crippen LogP contribution in [0.15, 0.2) is 0 Å². The molecule has 1 fully saturated rings. The van der Waals surface area contributed by atoms with Gasteiger partial charge in [0.2, 0.25) is 10.0 Å². The maximum Gasteiger partial charge on any atom is 0.211 e. The predicted octanol–water partition coefficient (Wildman–Crippen LogP) is -0.738. The second-order valence-corrected chi connectivity index (χ2v) is 3.64. The third kappa shape index (κ3) is 1.14. The molecule has 1 heterocycles. The minimum absolute atomic E-state index is 0.721. The van der Waals surface area contributed by atoms with Gasteiger partial charge in [0.25, 0.3) is 0 Å². The molecule has 0 aromatic heterocycles. The predicted molar refractivity (Wildman–Crippen MR) is 26.4 cm³/mol. The SMILES string of the molecule is CS(=O)(=O)N1CC1. The first-order valence-corrected chi connectivity index (χ1v) is 3.90. The topological polar surface area (TPSA) is 37.1 Å². The molecule has 0 aliphatic carbocycles. The lowest BCUT2D eigenvalue weighted by molar-refractivity contribution is 0.570. The Morgan fingerprint density at radius 1 is 1.43 bits per heavy atom. The highest BCUT2D eigenvalue weighted by Gasteiger charge is 2.26. The summed E-state index contributed by atoms with van der Waals surface area (Å²) >= 11 is 0. The molecule has 3 nitrogen and oxygen atoms in total. The van der Waals surface area contributed by atoms with E-state index in [2.05, 4.69) is 0 Å². The summed E-state index contributed by atoms with van der Waals surface area (Å²) in [6.45, 7) is 1.44. The van der Waals surface area contributed by atoms with Gasteiger partial charge in [-0.2, -0.15) is 4.31 Å². The van der Waals surface area contributed by atoms with Gasteiger partial charge in [-0.3, -0.25) is 0 Å². The van der Waals surface area contributed by atoms with Crippen molar-refractivity contribution in [2.45, 2.75) is 0 Å². The normalized spacial score (nSPS) is 22.4. The van der Waals surface area contributed by atoms with Crippen molar-refractivity contribution in [1.82, 2.24) is 4.31 Å². The van der Waals surface area contributed by atoms with Crippen LogP contribution in [0.25, 0.3) is 0 Å². The van der Waals surface area contributed by atoms with Crippen molar-refractivity contribution in [3.05, 3.63) is 0 Å². The van der Waals surface area contributed by atoms with Gasteiger partial charge in [-0.15, -0.1) is 0 Å². The van der Waals surface area contributed by atoms with Gasteiger partial charge >= 0.3 is 0 Å². The van der Waals surface area contributed by atoms with Crippen molar-refractivity contribution >= 4 is 10.0 Å². The third-order valence-electron chi connectivity index (χ3n) is 0.875. The summed E-state index contributed by atoms with van der Waals surface area (Å²) < 4.78 is 22.0. The lowest BCUT2D eigenvalue weighted by Crippen LogP contribution is -2.07. The van der Waals surface area contributed by atoms with Gasteiger partial charge in [0.05, 0.1) is 6.26 Å². The molecule has 1 aliphatic rings. The maximum absolute atomic E-state index is 10.3. The number of sulfonamides is 1. The molecule has 0 N–H and O–H groups in total. The average molecular weight is 121 g/mol. The zero-order valence-electron chi connectivity index (χ0n) is 4.09. The molecule has 0 spiro atoms. The minimum Gasteiger partial charge on any atom is -0.213 e. The lowest BCUT2D eigenvalue weighted by atomic mass is 11.0. The fourth-order valence-electron chi connectivity index (χ4n) is 0.372. The summed E-state index contributed by atoms with van der Waals surface area (Å²) in [7, 11) is -2.80. The van der Waals surface area contributed by atoms with Gasteiger partial charge in [-0.25, -0.2) is 8.42 Å². The molecule has 0 unspecified atom stereocenters. The molecule has 0 aromatic carbocycles. The van der Waals surface area contributed by atoms with Crippen molar-refractivity contribution in [2.24, 2.45) is 0 Å². The largest absolute Gasteiger partial charge is 0.213 e. The molecular formula is C3H7NO2S. The second-order valence-electron chi connectivity index (χ2n) is 1.66. The molecule has 0 radical (unpaired) electrons. The Morgan fingerprint density at radius 3 is 1.86 bits per heavy atom. The van der Waals surface area contributed by atoms with Crippen LogP contribution in [0.3, 0.4) is 0 Å². The van der Waals surface area contributed by atoms with E-state index < -0.39 is 10.0 Å². The summed E-state index contributed by atoms with van der Waals surface area (Å²) in [5.74, 6) is 0. The Bertz CT molecular complexity index is 156. The van der Waals surface area contributed by atoms with Crippen LogP contribution in [0.2, 0.25) is 0 Å². The van der Waals surface area contributed by atoms with E-state index >= 15 is 0 Å². The highest BCUT2D eigenvalue weighted by Crippen LogP contribution is 2.07. The van der Waals surface area contributed by atoms with Crippen LogP contribution in [0.1, 0.15) is 0 Å². The van der Waals surface area contributed by atoms with E-state index in [-0.39, 0.29) is 0 Å². The maximum atomic E-state index is 10.3. The molecule has 1 saturated heterocycles. The molecule has 0 aromatic rings. The molecule has 0 atom stereocenters. The number of nitrogens with zero attached hydrogens (tertiary/aromatic N) is 1. The van der Waals surface area contributed by atoms with Crippen molar-refractivity contribution in [3.8, 4) is 0 Å². The Morgan fingerprint density at radius 2 is 1.86 bits per heavy atom. The lowest BCUT2D eigenvalue weighted by Gasteiger charge is -1.89. The van der Waals surface area contributed by atoms with Gasteiger partial charge in [-0.05, 0) is 0 Å². The zero-order chi connectivity index (χ0) is 5.49. The summed E-state index contributed by atoms with van der Waals surface area (Å²) in [4.78, 5) is 0. The smallest absolute Gasteiger partial charge is 0.211 e. The quantitative estimate of drug-likeness (QED) is 0.428. The molecule has 1 aliphatic heterocycles. The van der Waals surface area contributed by atoms with Crippen molar-refractivity contribution < 1.29 is 8.42 Å². The summed E-state index contributed by atoms with van der Waals surface area (Å²) in [5.41, 5.74) is 0. The Balaban J connectivity index is 2.71. The molecule has 1 rings (SSSR count). The van der Waals surface area contributed by atoms with E-state index in [1.165, 1.54) is 10.6 Å². The molecule has 0 amide bonds. The number of hydrogen-bond donors (Lipinski definition) is 0. The second kappa shape index (κ2) is 1.20. The molecule has 0 bridgehead atoms. The first-order valence-electron chi connectivity index (χ1n) is 2.06. The fraction of sp³-hybridized carbons (Fsp3) is 1.00. The first-order chi connectivity index (χ1) is 3.11. The zero-order valence-corrected chi connectivity index (χ0v) is 4.90. The first kappa shape index (κ1) is 5.05. The highest BCUT2D eigenvalue weighted by atomic mass is 32.2. The van der Waals surface area contributed by atoms with Gasteiger partial charge in [0, 0.05) is 13.1 Å². The Labute approximate surface area is 43.0 Å². The van der Waals surface area contributed by atoms with Crippen LogP contribution in [-0.4, -0.2) is 32.1 Å². The molecule has 42 valence electrons. The van der Waals surface area contributed by atoms with Gasteiger partial charge in [0.1, 0.15) is 0 Å². The number of hydrogen-bond acceptors (Lipinski definition) is 2. The minimum atomic E-state index is -2.80. The Kier molecular flexibility index (Phi) is 0.864. The summed E-state index contributed by atoms with van der Waals surface area (Å²) in [6.07, 6.45) is 1.22.